The first-order chi connectivity index (χ1) is 20.7. The third-order valence-electron chi connectivity index (χ3n) is 7.22. The Bertz CT molecular complexity index is 1670. The first kappa shape index (κ1) is 30.0. The van der Waals surface area contributed by atoms with E-state index in [-0.39, 0.29) is 35.7 Å². The molecule has 0 aliphatic heterocycles. The predicted octanol–water partition coefficient (Wildman–Crippen LogP) is 5.42. The Morgan fingerprint density at radius 1 is 1.05 bits per heavy atom. The van der Waals surface area contributed by atoms with Crippen LogP contribution in [0.15, 0.2) is 73.1 Å². The highest BCUT2D eigenvalue weighted by Crippen LogP contribution is 2.43. The zero-order valence-electron chi connectivity index (χ0n) is 22.8. The number of aliphatic hydroxyl groups excluding tert-OH is 1. The molecule has 1 heterocycles. The molecule has 4 N–H and O–H groups in total. The lowest BCUT2D eigenvalue weighted by molar-refractivity contribution is -0.140. The maximum atomic E-state index is 14.6. The van der Waals surface area contributed by atoms with Crippen molar-refractivity contribution in [2.24, 2.45) is 0 Å². The summed E-state index contributed by atoms with van der Waals surface area (Å²) >= 11 is 6.64. The molecule has 0 unspecified atom stereocenters. The van der Waals surface area contributed by atoms with Crippen LogP contribution in [0.2, 0.25) is 5.02 Å². The molecule has 4 aromatic rings. The van der Waals surface area contributed by atoms with Crippen molar-refractivity contribution in [2.75, 3.05) is 6.61 Å². The number of aromatic nitrogens is 1. The molecule has 11 heteroatoms. The van der Waals surface area contributed by atoms with E-state index in [0.29, 0.717) is 41.0 Å². The molecule has 0 fully saturated rings. The Hall–Kier alpha value is -4.51. The molecule has 9 nitrogen and oxygen atoms in total. The third-order valence-corrected chi connectivity index (χ3v) is 7.52. The summed E-state index contributed by atoms with van der Waals surface area (Å²) in [5, 5.41) is 31.0. The average Bonchev–Trinajstić information content (AvgIpc) is 3.41. The number of pyridine rings is 1. The van der Waals surface area contributed by atoms with E-state index >= 15 is 0 Å². The average molecular weight is 607 g/mol. The van der Waals surface area contributed by atoms with Gasteiger partial charge in [0.25, 0.3) is 0 Å². The number of hydrogen-bond acceptors (Lipinski definition) is 7. The molecule has 0 saturated heterocycles. The molecule has 5 rings (SSSR count). The maximum Gasteiger partial charge on any atom is 0.337 e. The number of aromatic carboxylic acids is 1. The Balaban J connectivity index is 1.43. The maximum absolute atomic E-state index is 14.6. The number of nitrogens with one attached hydrogen (secondary N) is 1. The molecular weight excluding hydrogens is 579 g/mol. The molecule has 0 radical (unpaired) electrons. The van der Waals surface area contributed by atoms with Crippen LogP contribution in [-0.4, -0.2) is 44.9 Å². The van der Waals surface area contributed by atoms with Crippen molar-refractivity contribution in [3.8, 4) is 22.6 Å². The topological polar surface area (TPSA) is 138 Å². The van der Waals surface area contributed by atoms with Crippen molar-refractivity contribution in [3.63, 3.8) is 0 Å². The quantitative estimate of drug-likeness (QED) is 0.166. The zero-order valence-corrected chi connectivity index (χ0v) is 23.6. The molecule has 3 aromatic carbocycles. The van der Waals surface area contributed by atoms with E-state index in [2.05, 4.69) is 10.3 Å². The Kier molecular flexibility index (Phi) is 9.20. The number of halogens is 2. The first-order valence-corrected chi connectivity index (χ1v) is 13.9. The van der Waals surface area contributed by atoms with Crippen LogP contribution in [-0.2, 0) is 24.4 Å². The summed E-state index contributed by atoms with van der Waals surface area (Å²) < 4.78 is 27.0. The highest BCUT2D eigenvalue weighted by Gasteiger charge is 2.28. The summed E-state index contributed by atoms with van der Waals surface area (Å²) in [6.07, 6.45) is 3.66. The van der Waals surface area contributed by atoms with E-state index in [4.69, 9.17) is 21.1 Å². The van der Waals surface area contributed by atoms with Gasteiger partial charge in [0.2, 0.25) is 0 Å². The molecule has 0 bridgehead atoms. The summed E-state index contributed by atoms with van der Waals surface area (Å²) in [7, 11) is 0. The molecule has 222 valence electrons. The Morgan fingerprint density at radius 3 is 2.58 bits per heavy atom. The van der Waals surface area contributed by atoms with Crippen LogP contribution in [0, 0.1) is 5.82 Å². The summed E-state index contributed by atoms with van der Waals surface area (Å²) in [4.78, 5) is 26.7. The van der Waals surface area contributed by atoms with Gasteiger partial charge in [-0.1, -0.05) is 48.0 Å². The van der Waals surface area contributed by atoms with Crippen LogP contribution in [0.1, 0.15) is 45.1 Å². The van der Waals surface area contributed by atoms with E-state index in [1.165, 1.54) is 24.5 Å². The SMILES string of the molecule is O=C(O)c1cncc(COc2cc(O[C@H]3CCc4c(-c5ccccc5F)cccc43)c(Cl)cc2CN[C@@H](CO)C(=O)O)c1. The number of aliphatic hydroxyl groups is 1. The zero-order chi connectivity index (χ0) is 30.5. The van der Waals surface area contributed by atoms with Gasteiger partial charge in [0, 0.05) is 41.7 Å². The number of fused-ring (bicyclic) bond motifs is 1. The van der Waals surface area contributed by atoms with Gasteiger partial charge in [-0.3, -0.25) is 15.1 Å². The summed E-state index contributed by atoms with van der Waals surface area (Å²) in [6, 6.07) is 15.8. The minimum Gasteiger partial charge on any atom is -0.488 e. The number of benzene rings is 3. The Morgan fingerprint density at radius 2 is 1.84 bits per heavy atom. The van der Waals surface area contributed by atoms with Crippen molar-refractivity contribution in [1.82, 2.24) is 10.3 Å². The van der Waals surface area contributed by atoms with Gasteiger partial charge in [-0.25, -0.2) is 9.18 Å². The molecule has 1 aromatic heterocycles. The van der Waals surface area contributed by atoms with Gasteiger partial charge in [-0.2, -0.15) is 0 Å². The summed E-state index contributed by atoms with van der Waals surface area (Å²) in [6.45, 7) is -0.661. The number of rotatable bonds is 12. The van der Waals surface area contributed by atoms with Crippen molar-refractivity contribution in [3.05, 3.63) is 112 Å². The van der Waals surface area contributed by atoms with E-state index in [1.54, 1.807) is 30.3 Å². The molecule has 43 heavy (non-hydrogen) atoms. The Labute approximate surface area is 251 Å². The number of carboxylic acids is 2. The minimum atomic E-state index is -1.22. The second-order valence-electron chi connectivity index (χ2n) is 10.0. The van der Waals surface area contributed by atoms with Crippen molar-refractivity contribution >= 4 is 23.5 Å². The lowest BCUT2D eigenvalue weighted by Gasteiger charge is -2.20. The fourth-order valence-electron chi connectivity index (χ4n) is 5.07. The van der Waals surface area contributed by atoms with E-state index in [1.807, 2.05) is 18.2 Å². The molecule has 0 saturated carbocycles. The lowest BCUT2D eigenvalue weighted by atomic mass is 9.96. The van der Waals surface area contributed by atoms with Gasteiger partial charge in [-0.05, 0) is 47.7 Å². The number of ether oxygens (including phenoxy) is 2. The van der Waals surface area contributed by atoms with Crippen LogP contribution < -0.4 is 14.8 Å². The monoisotopic (exact) mass is 606 g/mol. The molecule has 2 atom stereocenters. The molecule has 1 aliphatic rings. The van der Waals surface area contributed by atoms with Gasteiger partial charge >= 0.3 is 11.9 Å². The smallest absolute Gasteiger partial charge is 0.337 e. The highest BCUT2D eigenvalue weighted by molar-refractivity contribution is 6.32. The summed E-state index contributed by atoms with van der Waals surface area (Å²) in [5.41, 5.74) is 4.26. The largest absolute Gasteiger partial charge is 0.488 e. The van der Waals surface area contributed by atoms with Gasteiger partial charge in [0.1, 0.15) is 36.1 Å². The van der Waals surface area contributed by atoms with Gasteiger partial charge < -0.3 is 24.8 Å². The predicted molar refractivity (Wildman–Crippen MR) is 156 cm³/mol. The fourth-order valence-corrected chi connectivity index (χ4v) is 5.30. The number of nitrogens with zero attached hydrogens (tertiary/aromatic N) is 1. The standard InChI is InChI=1S/C32H28ClFN2O7/c33-25-11-19(15-36-27(16-37)32(40)41)29(42-17-18-10-20(31(38)39)14-35-13-18)12-30(25)43-28-9-8-22-21(5-3-6-24(22)28)23-4-1-2-7-26(23)34/h1-7,10-14,27-28,36-37H,8-9,15-17H2,(H,38,39)(H,40,41)/t27-,28-/m0/s1. The first-order valence-electron chi connectivity index (χ1n) is 13.5. The number of carbonyl (C=O) groups is 2. The van der Waals surface area contributed by atoms with Crippen molar-refractivity contribution in [1.29, 1.82) is 0 Å². The highest BCUT2D eigenvalue weighted by atomic mass is 35.5. The lowest BCUT2D eigenvalue weighted by Crippen LogP contribution is -2.39. The van der Waals surface area contributed by atoms with E-state index in [0.717, 1.165) is 16.7 Å². The normalized spacial score (nSPS) is 14.6. The molecule has 0 spiro atoms. The second kappa shape index (κ2) is 13.2. The van der Waals surface area contributed by atoms with E-state index in [9.17, 15) is 29.3 Å². The summed E-state index contributed by atoms with van der Waals surface area (Å²) in [5.74, 6) is -2.01. The number of carboxylic acid groups (broad SMARTS) is 2. The fraction of sp³-hybridized carbons (Fsp3) is 0.219. The van der Waals surface area contributed by atoms with Crippen molar-refractivity contribution < 1.29 is 38.8 Å². The third kappa shape index (κ3) is 6.77. The molecular formula is C32H28ClFN2O7. The van der Waals surface area contributed by atoms with Crippen molar-refractivity contribution in [2.45, 2.75) is 38.1 Å². The number of aliphatic carboxylic acids is 1. The van der Waals surface area contributed by atoms with Crippen LogP contribution in [0.4, 0.5) is 4.39 Å². The van der Waals surface area contributed by atoms with Gasteiger partial charge in [0.05, 0.1) is 17.2 Å². The van der Waals surface area contributed by atoms with Gasteiger partial charge in [-0.15, -0.1) is 0 Å². The minimum absolute atomic E-state index is 0.00145. The number of hydrogen-bond donors (Lipinski definition) is 4. The van der Waals surface area contributed by atoms with Crippen LogP contribution >= 0.6 is 11.6 Å². The van der Waals surface area contributed by atoms with E-state index < -0.39 is 24.6 Å². The molecule has 1 aliphatic carbocycles. The van der Waals surface area contributed by atoms with Gasteiger partial charge in [0.15, 0.2) is 0 Å². The van der Waals surface area contributed by atoms with Crippen LogP contribution in [0.5, 0.6) is 11.5 Å². The second-order valence-corrected chi connectivity index (χ2v) is 10.4. The van der Waals surface area contributed by atoms with Crippen LogP contribution in [0.3, 0.4) is 0 Å². The molecule has 0 amide bonds. The van der Waals surface area contributed by atoms with Crippen LogP contribution in [0.25, 0.3) is 11.1 Å².